The second-order valence-corrected chi connectivity index (χ2v) is 2.68. The molecule has 54 valence electrons. The zero-order valence-corrected chi connectivity index (χ0v) is 6.96. The predicted molar refractivity (Wildman–Crippen MR) is 45.4 cm³/mol. The molecule has 0 saturated heterocycles. The monoisotopic (exact) mass is 173 g/mol. The van der Waals surface area contributed by atoms with E-state index in [9.17, 15) is 0 Å². The lowest BCUT2D eigenvalue weighted by atomic mass is 10.4. The summed E-state index contributed by atoms with van der Waals surface area (Å²) in [5.41, 5.74) is 0. The second-order valence-electron chi connectivity index (χ2n) is 1.69. The summed E-state index contributed by atoms with van der Waals surface area (Å²) >= 11 is 8.24. The van der Waals surface area contributed by atoms with E-state index in [0.29, 0.717) is 11.6 Å². The van der Waals surface area contributed by atoms with E-state index in [1.165, 1.54) is 12.7 Å². The molecule has 0 N–H and O–H groups in total. The van der Waals surface area contributed by atoms with E-state index in [0.717, 1.165) is 0 Å². The Bertz CT molecular complexity index is 191. The molecule has 1 aromatic rings. The fourth-order valence-electron chi connectivity index (χ4n) is 0.502. The lowest BCUT2D eigenvalue weighted by Gasteiger charge is -2.01. The summed E-state index contributed by atoms with van der Waals surface area (Å²) in [6.45, 7) is 0. The van der Waals surface area contributed by atoms with Crippen molar-refractivity contribution >= 4 is 25.3 Å². The summed E-state index contributed by atoms with van der Waals surface area (Å²) in [4.78, 5) is 11.5. The van der Waals surface area contributed by atoms with Gasteiger partial charge in [-0.15, -0.1) is 0 Å². The number of hydrogen-bond donors (Lipinski definition) is 2. The molecule has 0 spiro atoms. The molecule has 3 nitrogen and oxygen atoms in total. The molecule has 0 aliphatic carbocycles. The molecular weight excluding hydrogens is 166 g/mol. The van der Waals surface area contributed by atoms with Crippen LogP contribution in [0.3, 0.4) is 0 Å². The fourth-order valence-corrected chi connectivity index (χ4v) is 0.798. The quantitative estimate of drug-likeness (QED) is 0.649. The van der Waals surface area contributed by atoms with Crippen molar-refractivity contribution in [1.82, 2.24) is 15.0 Å². The molecule has 1 rings (SSSR count). The van der Waals surface area contributed by atoms with E-state index >= 15 is 0 Å². The van der Waals surface area contributed by atoms with Crippen LogP contribution >= 0.6 is 25.3 Å². The van der Waals surface area contributed by atoms with Gasteiger partial charge in [0.1, 0.15) is 18.5 Å². The van der Waals surface area contributed by atoms with Crippen molar-refractivity contribution in [3.63, 3.8) is 0 Å². The molecule has 0 bridgehead atoms. The van der Waals surface area contributed by atoms with Gasteiger partial charge in [-0.2, -0.15) is 25.3 Å². The van der Waals surface area contributed by atoms with Gasteiger partial charge < -0.3 is 0 Å². The number of hydrogen-bond acceptors (Lipinski definition) is 5. The van der Waals surface area contributed by atoms with Crippen LogP contribution in [0.1, 0.15) is 11.1 Å². The summed E-state index contributed by atoms with van der Waals surface area (Å²) in [6, 6.07) is 0. The highest BCUT2D eigenvalue weighted by Gasteiger charge is 2.04. The maximum Gasteiger partial charge on any atom is 0.145 e. The first-order valence-corrected chi connectivity index (χ1v) is 3.90. The molecule has 0 amide bonds. The molecule has 1 unspecified atom stereocenters. The van der Waals surface area contributed by atoms with E-state index in [-0.39, 0.29) is 5.25 Å². The highest BCUT2D eigenvalue weighted by atomic mass is 32.1. The van der Waals surface area contributed by atoms with E-state index in [1.54, 1.807) is 0 Å². The first kappa shape index (κ1) is 7.81. The number of thiol groups is 2. The van der Waals surface area contributed by atoms with E-state index < -0.39 is 0 Å². The molecule has 0 saturated carbocycles. The predicted octanol–water partition coefficient (Wildman–Crippen LogP) is 0.772. The Morgan fingerprint density at radius 1 is 1.40 bits per heavy atom. The Morgan fingerprint density at radius 2 is 2.00 bits per heavy atom. The maximum absolute atomic E-state index is 4.19. The van der Waals surface area contributed by atoms with Crippen LogP contribution in [0.2, 0.25) is 0 Å². The van der Waals surface area contributed by atoms with Crippen LogP contribution in [-0.2, 0) is 0 Å². The van der Waals surface area contributed by atoms with Crippen LogP contribution in [0.25, 0.3) is 0 Å². The van der Waals surface area contributed by atoms with Crippen molar-refractivity contribution in [2.75, 3.05) is 5.75 Å². The molecule has 0 aliphatic heterocycles. The average Bonchev–Trinajstić information content (AvgIpc) is 2.05. The Labute approximate surface area is 70.1 Å². The molecule has 0 aromatic carbocycles. The van der Waals surface area contributed by atoms with Crippen molar-refractivity contribution < 1.29 is 0 Å². The molecule has 1 atom stereocenters. The third-order valence-corrected chi connectivity index (χ3v) is 2.05. The minimum absolute atomic E-state index is 0.00586. The smallest absolute Gasteiger partial charge is 0.145 e. The van der Waals surface area contributed by atoms with Gasteiger partial charge in [0.15, 0.2) is 0 Å². The molecule has 5 heteroatoms. The first-order chi connectivity index (χ1) is 4.84. The van der Waals surface area contributed by atoms with Crippen molar-refractivity contribution in [3.05, 3.63) is 18.5 Å². The highest BCUT2D eigenvalue weighted by Crippen LogP contribution is 2.14. The topological polar surface area (TPSA) is 38.7 Å². The molecule has 1 aromatic heterocycles. The van der Waals surface area contributed by atoms with E-state index in [1.807, 2.05) is 0 Å². The number of aromatic nitrogens is 3. The Hall–Kier alpha value is -0.290. The number of nitrogens with zero attached hydrogens (tertiary/aromatic N) is 3. The van der Waals surface area contributed by atoms with Gasteiger partial charge in [0.05, 0.1) is 5.25 Å². The maximum atomic E-state index is 4.19. The van der Waals surface area contributed by atoms with Gasteiger partial charge in [0, 0.05) is 5.75 Å². The van der Waals surface area contributed by atoms with Crippen LogP contribution in [0.5, 0.6) is 0 Å². The van der Waals surface area contributed by atoms with Gasteiger partial charge in [-0.3, -0.25) is 0 Å². The second kappa shape index (κ2) is 3.78. The SMILES string of the molecule is SCC(S)c1ncncn1. The van der Waals surface area contributed by atoms with Crippen LogP contribution in [0.15, 0.2) is 12.7 Å². The summed E-state index contributed by atoms with van der Waals surface area (Å²) in [7, 11) is 0. The molecule has 0 aliphatic rings. The van der Waals surface area contributed by atoms with Gasteiger partial charge in [-0.05, 0) is 0 Å². The van der Waals surface area contributed by atoms with Gasteiger partial charge in [-0.25, -0.2) is 15.0 Å². The Balaban J connectivity index is 2.75. The molecule has 10 heavy (non-hydrogen) atoms. The zero-order valence-electron chi connectivity index (χ0n) is 5.18. The summed E-state index contributed by atoms with van der Waals surface area (Å²) in [6.07, 6.45) is 2.91. The van der Waals surface area contributed by atoms with Gasteiger partial charge in [0.25, 0.3) is 0 Å². The van der Waals surface area contributed by atoms with Crippen molar-refractivity contribution in [1.29, 1.82) is 0 Å². The highest BCUT2D eigenvalue weighted by molar-refractivity contribution is 7.84. The molecular formula is C5H7N3S2. The number of rotatable bonds is 2. The minimum Gasteiger partial charge on any atom is -0.225 e. The third kappa shape index (κ3) is 1.85. The first-order valence-electron chi connectivity index (χ1n) is 2.75. The van der Waals surface area contributed by atoms with Crippen LogP contribution in [0, 0.1) is 0 Å². The summed E-state index contributed by atoms with van der Waals surface area (Å²) in [5, 5.41) is 0.00586. The normalized spacial score (nSPS) is 13.0. The van der Waals surface area contributed by atoms with Crippen molar-refractivity contribution in [2.24, 2.45) is 0 Å². The summed E-state index contributed by atoms with van der Waals surface area (Å²) < 4.78 is 0. The van der Waals surface area contributed by atoms with Gasteiger partial charge in [0.2, 0.25) is 0 Å². The standard InChI is InChI=1S/C5H7N3S2/c9-1-4(10)5-7-2-6-3-8-5/h2-4,9-10H,1H2. The van der Waals surface area contributed by atoms with E-state index in [2.05, 4.69) is 40.2 Å². The lowest BCUT2D eigenvalue weighted by Crippen LogP contribution is -1.99. The lowest BCUT2D eigenvalue weighted by molar-refractivity contribution is 0.893. The fraction of sp³-hybridized carbons (Fsp3) is 0.400. The molecule has 0 radical (unpaired) electrons. The van der Waals surface area contributed by atoms with E-state index in [4.69, 9.17) is 0 Å². The van der Waals surface area contributed by atoms with Crippen molar-refractivity contribution in [3.8, 4) is 0 Å². The molecule has 0 fully saturated rings. The zero-order chi connectivity index (χ0) is 7.40. The summed E-state index contributed by atoms with van der Waals surface area (Å²) in [5.74, 6) is 1.31. The van der Waals surface area contributed by atoms with Crippen LogP contribution in [-0.4, -0.2) is 20.7 Å². The minimum atomic E-state index is 0.00586. The van der Waals surface area contributed by atoms with Gasteiger partial charge >= 0.3 is 0 Å². The van der Waals surface area contributed by atoms with Crippen LogP contribution in [0.4, 0.5) is 0 Å². The van der Waals surface area contributed by atoms with Gasteiger partial charge in [-0.1, -0.05) is 0 Å². The third-order valence-electron chi connectivity index (χ3n) is 0.984. The van der Waals surface area contributed by atoms with Crippen molar-refractivity contribution in [2.45, 2.75) is 5.25 Å². The average molecular weight is 173 g/mol. The largest absolute Gasteiger partial charge is 0.225 e. The molecule has 1 heterocycles. The van der Waals surface area contributed by atoms with Crippen LogP contribution < -0.4 is 0 Å². The Kier molecular flexibility index (Phi) is 2.95. The Morgan fingerprint density at radius 3 is 2.50 bits per heavy atom.